The van der Waals surface area contributed by atoms with Gasteiger partial charge in [-0.15, -0.1) is 6.42 Å². The van der Waals surface area contributed by atoms with Crippen LogP contribution in [0.5, 0.6) is 23.0 Å². The molecule has 2 rings (SSSR count). The Bertz CT molecular complexity index is 899. The Kier molecular flexibility index (Phi) is 7.95. The molecule has 0 radical (unpaired) electrons. The smallest absolute Gasteiger partial charge is 0.271 e. The van der Waals surface area contributed by atoms with Gasteiger partial charge in [0.15, 0.2) is 11.5 Å². The lowest BCUT2D eigenvalue weighted by Gasteiger charge is -2.11. The van der Waals surface area contributed by atoms with Gasteiger partial charge in [-0.1, -0.05) is 5.92 Å². The Morgan fingerprint density at radius 1 is 1.14 bits per heavy atom. The van der Waals surface area contributed by atoms with Gasteiger partial charge in [-0.2, -0.15) is 5.10 Å². The molecule has 8 heteroatoms. The van der Waals surface area contributed by atoms with E-state index in [0.29, 0.717) is 28.6 Å². The van der Waals surface area contributed by atoms with Gasteiger partial charge in [0, 0.05) is 11.6 Å². The second kappa shape index (κ2) is 10.4. The van der Waals surface area contributed by atoms with E-state index in [1.54, 1.807) is 24.3 Å². The number of nitrogens with one attached hydrogen (secondary N) is 1. The maximum absolute atomic E-state index is 12.3. The molecular formula is C20H19IN2O5. The standard InChI is InChI=1S/C20H19IN2O5/c1-5-6-28-19-17(21)7-13(8-18(19)27-4)12-22-23-20(24)14-9-15(25-2)11-16(10-14)26-3/h1,7-12H,6H2,2-4H3,(H,23,24)/b22-12-. The van der Waals surface area contributed by atoms with Gasteiger partial charge in [0.25, 0.3) is 5.91 Å². The van der Waals surface area contributed by atoms with Crippen molar-refractivity contribution in [2.75, 3.05) is 27.9 Å². The minimum absolute atomic E-state index is 0.139. The summed E-state index contributed by atoms with van der Waals surface area (Å²) in [6.45, 7) is 0.139. The Balaban J connectivity index is 2.15. The zero-order chi connectivity index (χ0) is 20.5. The molecule has 0 aliphatic heterocycles. The van der Waals surface area contributed by atoms with E-state index in [0.717, 1.165) is 9.13 Å². The predicted molar refractivity (Wildman–Crippen MR) is 115 cm³/mol. The van der Waals surface area contributed by atoms with E-state index < -0.39 is 5.91 Å². The number of halogens is 1. The molecule has 28 heavy (non-hydrogen) atoms. The highest BCUT2D eigenvalue weighted by atomic mass is 127. The zero-order valence-electron chi connectivity index (χ0n) is 15.6. The maximum Gasteiger partial charge on any atom is 0.271 e. The molecule has 146 valence electrons. The minimum atomic E-state index is -0.399. The Hall–Kier alpha value is -2.93. The molecule has 0 spiro atoms. The highest BCUT2D eigenvalue weighted by Gasteiger charge is 2.12. The monoisotopic (exact) mass is 494 g/mol. The van der Waals surface area contributed by atoms with Crippen LogP contribution in [0.4, 0.5) is 0 Å². The van der Waals surface area contributed by atoms with Gasteiger partial charge < -0.3 is 18.9 Å². The van der Waals surface area contributed by atoms with E-state index in [1.165, 1.54) is 27.5 Å². The summed E-state index contributed by atoms with van der Waals surface area (Å²) in [7, 11) is 4.56. The highest BCUT2D eigenvalue weighted by Crippen LogP contribution is 2.33. The molecule has 0 aliphatic rings. The van der Waals surface area contributed by atoms with E-state index in [2.05, 4.69) is 39.0 Å². The average molecular weight is 494 g/mol. The Morgan fingerprint density at radius 3 is 2.39 bits per heavy atom. The number of hydrogen-bond donors (Lipinski definition) is 1. The van der Waals surface area contributed by atoms with Gasteiger partial charge >= 0.3 is 0 Å². The van der Waals surface area contributed by atoms with Crippen LogP contribution in [0.25, 0.3) is 0 Å². The molecule has 0 saturated carbocycles. The third kappa shape index (κ3) is 5.53. The molecule has 0 heterocycles. The number of carbonyl (C=O) groups is 1. The number of rotatable bonds is 8. The summed E-state index contributed by atoms with van der Waals surface area (Å²) >= 11 is 2.11. The van der Waals surface area contributed by atoms with Crippen LogP contribution >= 0.6 is 22.6 Å². The fourth-order valence-corrected chi connectivity index (χ4v) is 3.02. The molecule has 0 saturated heterocycles. The first kappa shape index (κ1) is 21.4. The van der Waals surface area contributed by atoms with Crippen molar-refractivity contribution in [3.8, 4) is 35.3 Å². The number of terminal acetylenes is 1. The molecule has 0 fully saturated rings. The summed E-state index contributed by atoms with van der Waals surface area (Å²) in [4.78, 5) is 12.3. The maximum atomic E-state index is 12.3. The second-order valence-corrected chi connectivity index (χ2v) is 6.49. The highest BCUT2D eigenvalue weighted by molar-refractivity contribution is 14.1. The quantitative estimate of drug-likeness (QED) is 0.264. The van der Waals surface area contributed by atoms with Crippen LogP contribution < -0.4 is 24.4 Å². The van der Waals surface area contributed by atoms with Crippen LogP contribution in [0, 0.1) is 15.9 Å². The normalized spacial score (nSPS) is 10.2. The van der Waals surface area contributed by atoms with Crippen molar-refractivity contribution in [1.82, 2.24) is 5.43 Å². The van der Waals surface area contributed by atoms with Gasteiger partial charge in [0.2, 0.25) is 0 Å². The first-order chi connectivity index (χ1) is 13.5. The zero-order valence-corrected chi connectivity index (χ0v) is 17.8. The number of carbonyl (C=O) groups excluding carboxylic acids is 1. The molecular weight excluding hydrogens is 475 g/mol. The lowest BCUT2D eigenvalue weighted by molar-refractivity contribution is 0.0954. The fourth-order valence-electron chi connectivity index (χ4n) is 2.24. The molecule has 0 unspecified atom stereocenters. The fraction of sp³-hybridized carbons (Fsp3) is 0.200. The molecule has 1 N–H and O–H groups in total. The number of benzene rings is 2. The number of amides is 1. The van der Waals surface area contributed by atoms with Crippen LogP contribution in [0.3, 0.4) is 0 Å². The van der Waals surface area contributed by atoms with Crippen molar-refractivity contribution in [1.29, 1.82) is 0 Å². The number of methoxy groups -OCH3 is 3. The number of hydrogen-bond acceptors (Lipinski definition) is 6. The van der Waals surface area contributed by atoms with Crippen molar-refractivity contribution < 1.29 is 23.7 Å². The molecule has 2 aromatic rings. The largest absolute Gasteiger partial charge is 0.497 e. The average Bonchev–Trinajstić information content (AvgIpc) is 2.71. The van der Waals surface area contributed by atoms with Crippen molar-refractivity contribution in [3.63, 3.8) is 0 Å². The summed E-state index contributed by atoms with van der Waals surface area (Å²) in [6.07, 6.45) is 6.74. The van der Waals surface area contributed by atoms with E-state index in [9.17, 15) is 4.79 Å². The minimum Gasteiger partial charge on any atom is -0.497 e. The van der Waals surface area contributed by atoms with E-state index in [-0.39, 0.29) is 6.61 Å². The van der Waals surface area contributed by atoms with Crippen LogP contribution in [0.2, 0.25) is 0 Å². The van der Waals surface area contributed by atoms with Gasteiger partial charge in [-0.05, 0) is 52.4 Å². The van der Waals surface area contributed by atoms with Crippen molar-refractivity contribution >= 4 is 34.7 Å². The molecule has 1 amide bonds. The van der Waals surface area contributed by atoms with Crippen LogP contribution in [0.15, 0.2) is 35.4 Å². The van der Waals surface area contributed by atoms with Gasteiger partial charge in [0.1, 0.15) is 18.1 Å². The number of hydrazone groups is 1. The molecule has 0 aromatic heterocycles. The Morgan fingerprint density at radius 2 is 1.82 bits per heavy atom. The van der Waals surface area contributed by atoms with Gasteiger partial charge in [-0.3, -0.25) is 4.79 Å². The lowest BCUT2D eigenvalue weighted by Crippen LogP contribution is -2.17. The summed E-state index contributed by atoms with van der Waals surface area (Å²) in [5.74, 6) is 4.12. The first-order valence-electron chi connectivity index (χ1n) is 8.02. The summed E-state index contributed by atoms with van der Waals surface area (Å²) in [6, 6.07) is 8.43. The van der Waals surface area contributed by atoms with Crippen LogP contribution in [0.1, 0.15) is 15.9 Å². The third-order valence-electron chi connectivity index (χ3n) is 3.54. The molecule has 2 aromatic carbocycles. The van der Waals surface area contributed by atoms with Gasteiger partial charge in [-0.25, -0.2) is 5.43 Å². The Labute approximate surface area is 177 Å². The molecule has 7 nitrogen and oxygen atoms in total. The van der Waals surface area contributed by atoms with Crippen LogP contribution in [-0.2, 0) is 0 Å². The van der Waals surface area contributed by atoms with Crippen molar-refractivity contribution in [2.45, 2.75) is 0 Å². The van der Waals surface area contributed by atoms with E-state index in [4.69, 9.17) is 25.4 Å². The predicted octanol–water partition coefficient (Wildman–Crippen LogP) is 3.09. The summed E-state index contributed by atoms with van der Waals surface area (Å²) < 4.78 is 22.0. The van der Waals surface area contributed by atoms with E-state index in [1.807, 2.05) is 6.07 Å². The second-order valence-electron chi connectivity index (χ2n) is 5.33. The number of ether oxygens (including phenoxy) is 4. The van der Waals surface area contributed by atoms with Crippen molar-refractivity contribution in [3.05, 3.63) is 45.0 Å². The molecule has 0 atom stereocenters. The lowest BCUT2D eigenvalue weighted by atomic mass is 10.2. The third-order valence-corrected chi connectivity index (χ3v) is 4.35. The van der Waals surface area contributed by atoms with Gasteiger partial charge in [0.05, 0.1) is 31.1 Å². The van der Waals surface area contributed by atoms with Crippen molar-refractivity contribution in [2.24, 2.45) is 5.10 Å². The summed E-state index contributed by atoms with van der Waals surface area (Å²) in [5, 5.41) is 4.00. The topological polar surface area (TPSA) is 78.4 Å². The summed E-state index contributed by atoms with van der Waals surface area (Å²) in [5.41, 5.74) is 3.55. The molecule has 0 aliphatic carbocycles. The van der Waals surface area contributed by atoms with E-state index >= 15 is 0 Å². The molecule has 0 bridgehead atoms. The van der Waals surface area contributed by atoms with Crippen LogP contribution in [-0.4, -0.2) is 40.1 Å². The number of nitrogens with zero attached hydrogens (tertiary/aromatic N) is 1. The SMILES string of the molecule is C#CCOc1c(I)cc(/C=N\NC(=O)c2cc(OC)cc(OC)c2)cc1OC. The first-order valence-corrected chi connectivity index (χ1v) is 9.10.